The normalized spacial score (nSPS) is 12.7. The topological polar surface area (TPSA) is 87.0 Å². The van der Waals surface area contributed by atoms with Crippen LogP contribution in [-0.2, 0) is 23.2 Å². The molecule has 0 fully saturated rings. The first-order chi connectivity index (χ1) is 13.7. The Morgan fingerprint density at radius 1 is 0.867 bits per heavy atom. The molecule has 0 saturated carbocycles. The molecule has 2 aromatic carbocycles. The number of esters is 1. The highest BCUT2D eigenvalue weighted by molar-refractivity contribution is 5.93. The van der Waals surface area contributed by atoms with Crippen LogP contribution in [0.3, 0.4) is 0 Å². The minimum absolute atomic E-state index is 0.110. The van der Waals surface area contributed by atoms with Crippen LogP contribution in [0.5, 0.6) is 5.75 Å². The van der Waals surface area contributed by atoms with Gasteiger partial charge in [0.05, 0.1) is 22.4 Å². The van der Waals surface area contributed by atoms with E-state index in [1.54, 1.807) is 65.8 Å². The number of ether oxygens (including phenoxy) is 1. The van der Waals surface area contributed by atoms with Gasteiger partial charge in [-0.25, -0.2) is 4.79 Å². The van der Waals surface area contributed by atoms with Gasteiger partial charge < -0.3 is 20.1 Å². The fraction of sp³-hybridized carbons (Fsp3) is 0.480. The number of rotatable bonds is 7. The molecule has 0 saturated heterocycles. The van der Waals surface area contributed by atoms with Gasteiger partial charge in [-0.1, -0.05) is 31.5 Å². The van der Waals surface area contributed by atoms with Gasteiger partial charge in [0.2, 0.25) is 0 Å². The minimum Gasteiger partial charge on any atom is -0.422 e. The van der Waals surface area contributed by atoms with Gasteiger partial charge in [0.25, 0.3) is 0 Å². The fourth-order valence-electron chi connectivity index (χ4n) is 3.36. The van der Waals surface area contributed by atoms with E-state index in [0.717, 1.165) is 18.4 Å². The average molecular weight is 415 g/mol. The lowest BCUT2D eigenvalue weighted by Crippen LogP contribution is -2.27. The van der Waals surface area contributed by atoms with E-state index < -0.39 is 22.8 Å². The van der Waals surface area contributed by atoms with Crippen molar-refractivity contribution in [3.8, 4) is 5.75 Å². The number of hydrogen-bond donors (Lipinski definition) is 3. The standard InChI is InChI=1S/C25H34O5/c1-8-11-16-12-9-10-13-18(16)22(26)30-21-19(24(4,5)28)14-17(23(2,3)27)15-20(21)25(6,7)29/h9-10,12-15,27-29H,8,11H2,1-7H3. The third kappa shape index (κ3) is 5.48. The predicted molar refractivity (Wildman–Crippen MR) is 118 cm³/mol. The molecule has 0 aliphatic carbocycles. The molecule has 0 aliphatic heterocycles. The van der Waals surface area contributed by atoms with Crippen LogP contribution in [0.25, 0.3) is 0 Å². The summed E-state index contributed by atoms with van der Waals surface area (Å²) in [7, 11) is 0. The highest BCUT2D eigenvalue weighted by Crippen LogP contribution is 2.41. The molecule has 30 heavy (non-hydrogen) atoms. The summed E-state index contributed by atoms with van der Waals surface area (Å²) < 4.78 is 5.83. The molecule has 0 bridgehead atoms. The maximum atomic E-state index is 13.1. The van der Waals surface area contributed by atoms with Crippen molar-refractivity contribution in [3.63, 3.8) is 0 Å². The molecule has 164 valence electrons. The van der Waals surface area contributed by atoms with Crippen molar-refractivity contribution >= 4 is 5.97 Å². The van der Waals surface area contributed by atoms with Crippen molar-refractivity contribution in [1.82, 2.24) is 0 Å². The van der Waals surface area contributed by atoms with Crippen LogP contribution < -0.4 is 4.74 Å². The van der Waals surface area contributed by atoms with E-state index in [1.807, 2.05) is 19.1 Å². The van der Waals surface area contributed by atoms with Gasteiger partial charge >= 0.3 is 5.97 Å². The second-order valence-electron chi connectivity index (χ2n) is 9.37. The summed E-state index contributed by atoms with van der Waals surface area (Å²) >= 11 is 0. The van der Waals surface area contributed by atoms with Crippen LogP contribution in [0.1, 0.15) is 87.5 Å². The van der Waals surface area contributed by atoms with Crippen LogP contribution in [0.15, 0.2) is 36.4 Å². The Balaban J connectivity index is 2.70. The van der Waals surface area contributed by atoms with Crippen molar-refractivity contribution < 1.29 is 24.9 Å². The molecule has 3 N–H and O–H groups in total. The van der Waals surface area contributed by atoms with E-state index in [4.69, 9.17) is 4.74 Å². The molecule has 0 radical (unpaired) electrons. The Kier molecular flexibility index (Phi) is 6.82. The summed E-state index contributed by atoms with van der Waals surface area (Å²) in [5, 5.41) is 32.2. The summed E-state index contributed by atoms with van der Waals surface area (Å²) in [6.45, 7) is 11.6. The van der Waals surface area contributed by atoms with Crippen molar-refractivity contribution in [2.75, 3.05) is 0 Å². The first kappa shape index (κ1) is 24.1. The molecule has 0 aliphatic rings. The van der Waals surface area contributed by atoms with Crippen molar-refractivity contribution in [1.29, 1.82) is 0 Å². The summed E-state index contributed by atoms with van der Waals surface area (Å²) in [4.78, 5) is 13.1. The third-order valence-electron chi connectivity index (χ3n) is 5.07. The zero-order valence-corrected chi connectivity index (χ0v) is 19.0. The van der Waals surface area contributed by atoms with E-state index in [-0.39, 0.29) is 5.75 Å². The Hall–Kier alpha value is -2.21. The lowest BCUT2D eigenvalue weighted by molar-refractivity contribution is 0.0551. The van der Waals surface area contributed by atoms with Gasteiger partial charge in [-0.2, -0.15) is 0 Å². The van der Waals surface area contributed by atoms with E-state index in [1.165, 1.54) is 0 Å². The Morgan fingerprint density at radius 3 is 1.80 bits per heavy atom. The molecule has 0 heterocycles. The van der Waals surface area contributed by atoms with Crippen LogP contribution >= 0.6 is 0 Å². The number of hydrogen-bond acceptors (Lipinski definition) is 5. The Labute approximate surface area is 179 Å². The van der Waals surface area contributed by atoms with Gasteiger partial charge in [-0.15, -0.1) is 0 Å². The van der Waals surface area contributed by atoms with Crippen molar-refractivity contribution in [3.05, 3.63) is 64.2 Å². The second kappa shape index (κ2) is 8.50. The molecule has 0 aromatic heterocycles. The van der Waals surface area contributed by atoms with Gasteiger partial charge in [0.15, 0.2) is 0 Å². The lowest BCUT2D eigenvalue weighted by atomic mass is 9.84. The average Bonchev–Trinajstić information content (AvgIpc) is 2.59. The predicted octanol–water partition coefficient (Wildman–Crippen LogP) is 4.54. The van der Waals surface area contributed by atoms with Gasteiger partial charge in [-0.05, 0) is 77.3 Å². The molecule has 5 heteroatoms. The molecule has 5 nitrogen and oxygen atoms in total. The maximum absolute atomic E-state index is 13.1. The zero-order valence-electron chi connectivity index (χ0n) is 19.0. The number of carbonyl (C=O) groups is 1. The molecule has 2 rings (SSSR count). The molecular formula is C25H34O5. The van der Waals surface area contributed by atoms with Crippen LogP contribution in [0.4, 0.5) is 0 Å². The van der Waals surface area contributed by atoms with Crippen LogP contribution in [0, 0.1) is 0 Å². The first-order valence-electron chi connectivity index (χ1n) is 10.3. The van der Waals surface area contributed by atoms with Crippen molar-refractivity contribution in [2.45, 2.75) is 78.1 Å². The molecular weight excluding hydrogens is 380 g/mol. The summed E-state index contributed by atoms with van der Waals surface area (Å²) in [6, 6.07) is 10.5. The number of aliphatic hydroxyl groups is 3. The Bertz CT molecular complexity index is 873. The smallest absolute Gasteiger partial charge is 0.343 e. The molecule has 0 spiro atoms. The van der Waals surface area contributed by atoms with Crippen LogP contribution in [0.2, 0.25) is 0 Å². The largest absolute Gasteiger partial charge is 0.422 e. The maximum Gasteiger partial charge on any atom is 0.343 e. The SMILES string of the molecule is CCCc1ccccc1C(=O)Oc1c(C(C)(C)O)cc(C(C)(C)O)cc1C(C)(C)O. The molecule has 0 unspecified atom stereocenters. The highest BCUT2D eigenvalue weighted by atomic mass is 16.5. The monoisotopic (exact) mass is 414 g/mol. The quantitative estimate of drug-likeness (QED) is 0.457. The fourth-order valence-corrected chi connectivity index (χ4v) is 3.36. The van der Waals surface area contributed by atoms with E-state index in [9.17, 15) is 20.1 Å². The minimum atomic E-state index is -1.38. The van der Waals surface area contributed by atoms with Crippen molar-refractivity contribution in [2.24, 2.45) is 0 Å². The summed E-state index contributed by atoms with van der Waals surface area (Å²) in [5.74, 6) is -0.439. The number of carbonyl (C=O) groups excluding carboxylic acids is 1. The summed E-state index contributed by atoms with van der Waals surface area (Å²) in [5.41, 5.74) is -1.48. The third-order valence-corrected chi connectivity index (χ3v) is 5.07. The Morgan fingerprint density at radius 2 is 1.37 bits per heavy atom. The van der Waals surface area contributed by atoms with Gasteiger partial charge in [0, 0.05) is 11.1 Å². The van der Waals surface area contributed by atoms with Gasteiger partial charge in [-0.3, -0.25) is 0 Å². The lowest BCUT2D eigenvalue weighted by Gasteiger charge is -2.31. The molecule has 0 amide bonds. The van der Waals surface area contributed by atoms with Crippen LogP contribution in [-0.4, -0.2) is 21.3 Å². The second-order valence-corrected chi connectivity index (χ2v) is 9.37. The first-order valence-corrected chi connectivity index (χ1v) is 10.3. The molecule has 0 atom stereocenters. The molecule has 2 aromatic rings. The zero-order chi connectivity index (χ0) is 22.9. The summed E-state index contributed by atoms with van der Waals surface area (Å²) in [6.07, 6.45) is 1.62. The van der Waals surface area contributed by atoms with Gasteiger partial charge in [0.1, 0.15) is 5.75 Å². The van der Waals surface area contributed by atoms with E-state index in [2.05, 4.69) is 0 Å². The number of aryl methyl sites for hydroxylation is 1. The van der Waals surface area contributed by atoms with E-state index in [0.29, 0.717) is 22.3 Å². The number of benzene rings is 2. The van der Waals surface area contributed by atoms with E-state index >= 15 is 0 Å². The highest BCUT2D eigenvalue weighted by Gasteiger charge is 2.34.